The maximum Gasteiger partial charge on any atom is 0.0532 e. The number of thiophene rings is 6. The summed E-state index contributed by atoms with van der Waals surface area (Å²) >= 11 is 11.5. The second-order valence-electron chi connectivity index (χ2n) is 13.6. The summed E-state index contributed by atoms with van der Waals surface area (Å²) in [6, 6.07) is 13.8. The number of rotatable bonds is 23. The lowest BCUT2D eigenvalue weighted by molar-refractivity contribution is 0.571. The molecule has 0 unspecified atom stereocenters. The summed E-state index contributed by atoms with van der Waals surface area (Å²) in [6.45, 7) is 4.63. The summed E-state index contributed by atoms with van der Waals surface area (Å²) in [6.07, 6.45) is 24.6. The quantitative estimate of drug-likeness (QED) is 0.0569. The van der Waals surface area contributed by atoms with Crippen LogP contribution < -0.4 is 0 Å². The Hall–Kier alpha value is -1.80. The predicted molar refractivity (Wildman–Crippen MR) is 234 cm³/mol. The molecule has 0 N–H and O–H groups in total. The van der Waals surface area contributed by atoms with Crippen molar-refractivity contribution in [3.8, 4) is 51.5 Å². The van der Waals surface area contributed by atoms with E-state index in [2.05, 4.69) is 82.5 Å². The fraction of sp³-hybridized carbons (Fsp3) is 0.455. The van der Waals surface area contributed by atoms with Gasteiger partial charge in [0.1, 0.15) is 0 Å². The average molecular weight is 775 g/mol. The van der Waals surface area contributed by atoms with Crippen molar-refractivity contribution in [2.75, 3.05) is 0 Å². The van der Waals surface area contributed by atoms with Crippen LogP contribution in [0.4, 0.5) is 0 Å². The van der Waals surface area contributed by atoms with Crippen LogP contribution in [0.1, 0.15) is 128 Å². The van der Waals surface area contributed by atoms with Crippen LogP contribution in [-0.4, -0.2) is 0 Å². The molecule has 6 aromatic rings. The Morgan fingerprint density at radius 2 is 0.840 bits per heavy atom. The van der Waals surface area contributed by atoms with E-state index in [4.69, 9.17) is 0 Å². The molecular weight excluding hydrogens is 721 g/mol. The molecule has 0 amide bonds. The van der Waals surface area contributed by atoms with Crippen molar-refractivity contribution in [1.29, 1.82) is 0 Å². The molecule has 6 aromatic heterocycles. The first kappa shape index (κ1) is 37.9. The zero-order chi connectivity index (χ0) is 34.4. The summed E-state index contributed by atoms with van der Waals surface area (Å²) in [5, 5.41) is 13.9. The van der Waals surface area contributed by atoms with Crippen LogP contribution in [0.5, 0.6) is 0 Å². The van der Waals surface area contributed by atoms with E-state index in [9.17, 15) is 0 Å². The largest absolute Gasteiger partial charge is 0.144 e. The van der Waals surface area contributed by atoms with Gasteiger partial charge in [-0.15, -0.1) is 68.0 Å². The van der Waals surface area contributed by atoms with Gasteiger partial charge in [0.15, 0.2) is 0 Å². The first-order valence-electron chi connectivity index (χ1n) is 19.2. The van der Waals surface area contributed by atoms with Gasteiger partial charge in [0, 0.05) is 46.6 Å². The summed E-state index contributed by atoms with van der Waals surface area (Å²) in [7, 11) is 0. The zero-order valence-corrected chi connectivity index (χ0v) is 35.0. The van der Waals surface area contributed by atoms with Crippen LogP contribution in [0.2, 0.25) is 0 Å². The lowest BCUT2D eigenvalue weighted by Gasteiger charge is -2.11. The van der Waals surface area contributed by atoms with Gasteiger partial charge in [0.05, 0.1) is 4.88 Å². The van der Waals surface area contributed by atoms with Gasteiger partial charge < -0.3 is 0 Å². The number of aryl methyl sites for hydroxylation is 1. The predicted octanol–water partition coefficient (Wildman–Crippen LogP) is 17.8. The molecule has 0 nitrogen and oxygen atoms in total. The Labute approximate surface area is 326 Å². The molecule has 0 fully saturated rings. The Balaban J connectivity index is 1.22. The molecule has 0 saturated heterocycles. The van der Waals surface area contributed by atoms with Crippen LogP contribution in [-0.2, 0) is 12.8 Å². The van der Waals surface area contributed by atoms with E-state index < -0.39 is 0 Å². The van der Waals surface area contributed by atoms with Crippen molar-refractivity contribution in [1.82, 2.24) is 0 Å². The van der Waals surface area contributed by atoms with E-state index in [-0.39, 0.29) is 0 Å². The average Bonchev–Trinajstić information content (AvgIpc) is 3.97. The lowest BCUT2D eigenvalue weighted by atomic mass is 9.96. The standard InChI is InChI=1S/C44H54S6/c1-3-5-7-9-11-13-15-17-20-33-32-50-43(34(33)21-18-16-14-12-10-8-6-4-2)44-38(26-31-49-44)42-37(25-30-48-42)41-36(24-29-47-41)40-35(23-28-46-40)39-22-19-27-45-39/h19,22-32H,3-18,20-21H2,1-2H3. The highest BCUT2D eigenvalue weighted by Crippen LogP contribution is 2.51. The van der Waals surface area contributed by atoms with Crippen molar-refractivity contribution < 1.29 is 0 Å². The molecular formula is C44H54S6. The van der Waals surface area contributed by atoms with Gasteiger partial charge in [0.25, 0.3) is 0 Å². The van der Waals surface area contributed by atoms with Crippen molar-refractivity contribution >= 4 is 68.0 Å². The third-order valence-corrected chi connectivity index (χ3v) is 15.8. The van der Waals surface area contributed by atoms with Gasteiger partial charge in [-0.25, -0.2) is 0 Å². The van der Waals surface area contributed by atoms with E-state index in [1.54, 1.807) is 16.0 Å². The molecule has 0 spiro atoms. The Bertz CT molecular complexity index is 1800. The minimum Gasteiger partial charge on any atom is -0.144 e. The molecule has 50 heavy (non-hydrogen) atoms. The second-order valence-corrected chi connectivity index (χ2v) is 19.1. The molecule has 6 rings (SSSR count). The topological polar surface area (TPSA) is 0 Å². The third kappa shape index (κ3) is 9.79. The smallest absolute Gasteiger partial charge is 0.0532 e. The van der Waals surface area contributed by atoms with Gasteiger partial charge in [-0.1, -0.05) is 110 Å². The maximum absolute atomic E-state index is 2.54. The highest BCUT2D eigenvalue weighted by Gasteiger charge is 2.23. The third-order valence-electron chi connectivity index (χ3n) is 9.95. The minimum absolute atomic E-state index is 1.23. The summed E-state index contributed by atoms with van der Waals surface area (Å²) in [5.41, 5.74) is 8.88. The van der Waals surface area contributed by atoms with Gasteiger partial charge in [0.2, 0.25) is 0 Å². The molecule has 0 atom stereocenters. The van der Waals surface area contributed by atoms with Crippen molar-refractivity contribution in [2.24, 2.45) is 0 Å². The zero-order valence-electron chi connectivity index (χ0n) is 30.1. The van der Waals surface area contributed by atoms with Crippen LogP contribution in [0, 0.1) is 0 Å². The molecule has 0 bridgehead atoms. The van der Waals surface area contributed by atoms with Gasteiger partial charge in [-0.2, -0.15) is 0 Å². The maximum atomic E-state index is 2.54. The summed E-state index contributed by atoms with van der Waals surface area (Å²) < 4.78 is 0. The Morgan fingerprint density at radius 1 is 0.380 bits per heavy atom. The van der Waals surface area contributed by atoms with E-state index in [1.165, 1.54) is 162 Å². The SMILES string of the molecule is CCCCCCCCCCc1csc(-c2sccc2-c2sccc2-c2sccc2-c2sccc2-c2cccs2)c1CCCCCCCCCC. The molecule has 266 valence electrons. The highest BCUT2D eigenvalue weighted by atomic mass is 32.1. The molecule has 0 saturated carbocycles. The summed E-state index contributed by atoms with van der Waals surface area (Å²) in [5.74, 6) is 0. The Kier molecular flexibility index (Phi) is 15.5. The van der Waals surface area contributed by atoms with Crippen molar-refractivity contribution in [3.05, 3.63) is 79.8 Å². The van der Waals surface area contributed by atoms with E-state index in [1.807, 2.05) is 68.0 Å². The molecule has 0 aliphatic carbocycles. The fourth-order valence-electron chi connectivity index (χ4n) is 7.18. The summed E-state index contributed by atoms with van der Waals surface area (Å²) in [4.78, 5) is 8.62. The Morgan fingerprint density at radius 3 is 1.38 bits per heavy atom. The first-order valence-corrected chi connectivity index (χ1v) is 24.5. The molecule has 0 aromatic carbocycles. The van der Waals surface area contributed by atoms with Crippen LogP contribution in [0.25, 0.3) is 51.5 Å². The van der Waals surface area contributed by atoms with E-state index in [0.717, 1.165) is 0 Å². The monoisotopic (exact) mass is 774 g/mol. The lowest BCUT2D eigenvalue weighted by Crippen LogP contribution is -1.94. The number of hydrogen-bond acceptors (Lipinski definition) is 6. The molecule has 0 aliphatic rings. The fourth-order valence-corrected chi connectivity index (χ4v) is 13.3. The second kappa shape index (κ2) is 20.4. The van der Waals surface area contributed by atoms with Gasteiger partial charge in [-0.05, 0) is 99.4 Å². The van der Waals surface area contributed by atoms with Gasteiger partial charge >= 0.3 is 0 Å². The minimum atomic E-state index is 1.23. The van der Waals surface area contributed by atoms with Crippen LogP contribution in [0.15, 0.2) is 68.7 Å². The van der Waals surface area contributed by atoms with Crippen LogP contribution in [0.3, 0.4) is 0 Å². The van der Waals surface area contributed by atoms with Crippen molar-refractivity contribution in [3.63, 3.8) is 0 Å². The highest BCUT2D eigenvalue weighted by molar-refractivity contribution is 7.22. The molecule has 6 heteroatoms. The first-order chi connectivity index (χ1) is 24.8. The molecule has 6 heterocycles. The van der Waals surface area contributed by atoms with E-state index in [0.29, 0.717) is 0 Å². The number of hydrogen-bond donors (Lipinski definition) is 0. The van der Waals surface area contributed by atoms with Crippen LogP contribution >= 0.6 is 68.0 Å². The molecule has 0 aliphatic heterocycles. The van der Waals surface area contributed by atoms with Gasteiger partial charge in [-0.3, -0.25) is 0 Å². The van der Waals surface area contributed by atoms with Crippen molar-refractivity contribution in [2.45, 2.75) is 129 Å². The number of unbranched alkanes of at least 4 members (excludes halogenated alkanes) is 14. The molecule has 0 radical (unpaired) electrons. The van der Waals surface area contributed by atoms with E-state index >= 15 is 0 Å². The normalized spacial score (nSPS) is 11.6.